The molecule has 0 bridgehead atoms. The number of Topliss-reactive ketones (excluding diaryl/α,β-unsaturated/α-hetero) is 1. The first-order chi connectivity index (χ1) is 9.57. The highest BCUT2D eigenvalue weighted by Crippen LogP contribution is 2.10. The molecule has 0 saturated heterocycles. The summed E-state index contributed by atoms with van der Waals surface area (Å²) < 4.78 is 0. The highest BCUT2D eigenvalue weighted by atomic mass is 16.1. The number of carbonyl (C=O) groups excluding carboxylic acids is 1. The summed E-state index contributed by atoms with van der Waals surface area (Å²) in [7, 11) is 0. The minimum absolute atomic E-state index is 0.223. The third-order valence-electron chi connectivity index (χ3n) is 3.97. The molecule has 0 fully saturated rings. The average Bonchev–Trinajstić information content (AvgIpc) is 2.41. The lowest BCUT2D eigenvalue weighted by atomic mass is 10.0. The van der Waals surface area contributed by atoms with Gasteiger partial charge < -0.3 is 5.32 Å². The van der Waals surface area contributed by atoms with Crippen molar-refractivity contribution >= 4 is 5.78 Å². The van der Waals surface area contributed by atoms with Gasteiger partial charge in [-0.3, -0.25) is 4.79 Å². The lowest BCUT2D eigenvalue weighted by molar-refractivity contribution is -0.120. The normalized spacial score (nSPS) is 12.2. The quantitative estimate of drug-likeness (QED) is 0.441. The average molecular weight is 281 g/mol. The molecule has 1 N–H and O–H groups in total. The van der Waals surface area contributed by atoms with Crippen LogP contribution in [0, 0.1) is 5.92 Å². The van der Waals surface area contributed by atoms with Gasteiger partial charge in [0, 0.05) is 18.2 Å². The van der Waals surface area contributed by atoms with E-state index in [2.05, 4.69) is 18.8 Å². The molecule has 0 amide bonds. The molecule has 0 aromatic heterocycles. The number of carbonyl (C=O) groups is 1. The number of hydrogen-bond acceptors (Lipinski definition) is 2. The van der Waals surface area contributed by atoms with Gasteiger partial charge in [-0.25, -0.2) is 0 Å². The van der Waals surface area contributed by atoms with Gasteiger partial charge in [0.25, 0.3) is 0 Å². The minimum Gasteiger partial charge on any atom is -0.389 e. The summed E-state index contributed by atoms with van der Waals surface area (Å²) in [6.45, 7) is 11.0. The van der Waals surface area contributed by atoms with Crippen LogP contribution in [0.5, 0.6) is 0 Å². The van der Waals surface area contributed by atoms with Gasteiger partial charge in [0.15, 0.2) is 0 Å². The molecule has 0 aliphatic rings. The third kappa shape index (κ3) is 12.3. The van der Waals surface area contributed by atoms with Gasteiger partial charge in [-0.1, -0.05) is 59.0 Å². The van der Waals surface area contributed by atoms with Crippen molar-refractivity contribution in [2.75, 3.05) is 6.54 Å². The van der Waals surface area contributed by atoms with E-state index < -0.39 is 0 Å². The summed E-state index contributed by atoms with van der Waals surface area (Å²) >= 11 is 0. The van der Waals surface area contributed by atoms with Crippen LogP contribution < -0.4 is 5.32 Å². The Labute approximate surface area is 126 Å². The van der Waals surface area contributed by atoms with E-state index in [1.54, 1.807) is 6.92 Å². The van der Waals surface area contributed by atoms with Crippen LogP contribution in [0.25, 0.3) is 0 Å². The summed E-state index contributed by atoms with van der Waals surface area (Å²) in [4.78, 5) is 11.1. The zero-order valence-corrected chi connectivity index (χ0v) is 14.0. The number of rotatable bonds is 14. The predicted molar refractivity (Wildman–Crippen MR) is 88.8 cm³/mol. The van der Waals surface area contributed by atoms with E-state index in [1.807, 2.05) is 6.92 Å². The molecule has 0 aliphatic heterocycles. The van der Waals surface area contributed by atoms with Crippen molar-refractivity contribution in [3.63, 3.8) is 0 Å². The highest BCUT2D eigenvalue weighted by Gasteiger charge is 2.06. The van der Waals surface area contributed by atoms with Gasteiger partial charge in [-0.15, -0.1) is 0 Å². The maximum absolute atomic E-state index is 11.1. The van der Waals surface area contributed by atoms with Crippen molar-refractivity contribution in [2.24, 2.45) is 5.92 Å². The molecule has 0 saturated carbocycles. The van der Waals surface area contributed by atoms with Gasteiger partial charge in [-0.2, -0.15) is 0 Å². The Balaban J connectivity index is 3.30. The topological polar surface area (TPSA) is 29.1 Å². The molecule has 118 valence electrons. The maximum atomic E-state index is 11.1. The summed E-state index contributed by atoms with van der Waals surface area (Å²) in [6.07, 6.45) is 12.4. The first kappa shape index (κ1) is 19.2. The molecule has 0 rings (SSSR count). The van der Waals surface area contributed by atoms with Crippen molar-refractivity contribution in [3.8, 4) is 0 Å². The van der Waals surface area contributed by atoms with Crippen LogP contribution in [0.15, 0.2) is 12.3 Å². The van der Waals surface area contributed by atoms with E-state index in [9.17, 15) is 4.79 Å². The number of allylic oxidation sites excluding steroid dienone is 1. The van der Waals surface area contributed by atoms with Crippen molar-refractivity contribution in [2.45, 2.75) is 85.0 Å². The Morgan fingerprint density at radius 3 is 2.35 bits per heavy atom. The van der Waals surface area contributed by atoms with E-state index in [4.69, 9.17) is 0 Å². The highest BCUT2D eigenvalue weighted by molar-refractivity contribution is 5.77. The van der Waals surface area contributed by atoms with Gasteiger partial charge >= 0.3 is 0 Å². The fourth-order valence-electron chi connectivity index (χ4n) is 2.25. The lowest BCUT2D eigenvalue weighted by Crippen LogP contribution is -2.14. The Kier molecular flexibility index (Phi) is 12.7. The monoisotopic (exact) mass is 281 g/mol. The van der Waals surface area contributed by atoms with E-state index >= 15 is 0 Å². The Hall–Kier alpha value is -0.790. The third-order valence-corrected chi connectivity index (χ3v) is 3.97. The van der Waals surface area contributed by atoms with Crippen LogP contribution >= 0.6 is 0 Å². The van der Waals surface area contributed by atoms with Gasteiger partial charge in [-0.05, 0) is 32.6 Å². The second-order valence-corrected chi connectivity index (χ2v) is 6.06. The van der Waals surface area contributed by atoms with Crippen LogP contribution in [0.1, 0.15) is 85.0 Å². The van der Waals surface area contributed by atoms with Crippen LogP contribution in [0.4, 0.5) is 0 Å². The summed E-state index contributed by atoms with van der Waals surface area (Å²) in [5.74, 6) is 0.534. The molecule has 0 aromatic rings. The fraction of sp³-hybridized carbons (Fsp3) is 0.833. The number of nitrogens with one attached hydrogen (secondary N) is 1. The lowest BCUT2D eigenvalue weighted by Gasteiger charge is -2.10. The molecule has 0 heterocycles. The van der Waals surface area contributed by atoms with Gasteiger partial charge in [0.05, 0.1) is 0 Å². The van der Waals surface area contributed by atoms with Crippen LogP contribution in [-0.4, -0.2) is 12.3 Å². The largest absolute Gasteiger partial charge is 0.389 e. The molecule has 20 heavy (non-hydrogen) atoms. The Morgan fingerprint density at radius 1 is 1.05 bits per heavy atom. The van der Waals surface area contributed by atoms with Gasteiger partial charge in [0.1, 0.15) is 5.78 Å². The summed E-state index contributed by atoms with van der Waals surface area (Å²) in [5, 5.41) is 3.41. The maximum Gasteiger partial charge on any atom is 0.132 e. The second-order valence-electron chi connectivity index (χ2n) is 6.06. The van der Waals surface area contributed by atoms with Crippen molar-refractivity contribution < 1.29 is 4.79 Å². The van der Waals surface area contributed by atoms with E-state index in [-0.39, 0.29) is 5.92 Å². The number of ketones is 1. The van der Waals surface area contributed by atoms with Gasteiger partial charge in [0.2, 0.25) is 0 Å². The molecule has 0 aromatic carbocycles. The molecule has 0 aliphatic carbocycles. The minimum atomic E-state index is 0.223. The molecule has 0 unspecified atom stereocenters. The van der Waals surface area contributed by atoms with Crippen molar-refractivity contribution in [1.29, 1.82) is 0 Å². The first-order valence-corrected chi connectivity index (χ1v) is 8.50. The number of unbranched alkanes of at least 4 members (excludes halogenated alkanes) is 6. The standard InChI is InChI=1S/C18H35NO/c1-5-6-7-8-9-10-14-17(3)19-15-12-11-13-16(2)18(4)20/h16,19H,3,5-15H2,1-2,4H3/t16-/m0/s1. The van der Waals surface area contributed by atoms with Crippen molar-refractivity contribution in [1.82, 2.24) is 5.32 Å². The van der Waals surface area contributed by atoms with E-state index in [1.165, 1.54) is 44.2 Å². The zero-order valence-electron chi connectivity index (χ0n) is 14.0. The Morgan fingerprint density at radius 2 is 1.70 bits per heavy atom. The first-order valence-electron chi connectivity index (χ1n) is 8.50. The molecule has 2 heteroatoms. The Bertz CT molecular complexity index is 260. The SMILES string of the molecule is C=C(CCCCCCCC)NCCCC[C@H](C)C(C)=O. The van der Waals surface area contributed by atoms with Crippen LogP contribution in [-0.2, 0) is 4.79 Å². The predicted octanol–water partition coefficient (Wildman–Crippen LogP) is 5.24. The van der Waals surface area contributed by atoms with E-state index in [0.29, 0.717) is 5.78 Å². The molecule has 1 atom stereocenters. The molecule has 0 spiro atoms. The van der Waals surface area contributed by atoms with Crippen LogP contribution in [0.2, 0.25) is 0 Å². The van der Waals surface area contributed by atoms with Crippen LogP contribution in [0.3, 0.4) is 0 Å². The molecule has 0 radical (unpaired) electrons. The smallest absolute Gasteiger partial charge is 0.132 e. The zero-order chi connectivity index (χ0) is 15.2. The summed E-state index contributed by atoms with van der Waals surface area (Å²) in [6, 6.07) is 0. The second kappa shape index (κ2) is 13.2. The molecular formula is C18H35NO. The molecular weight excluding hydrogens is 246 g/mol. The fourth-order valence-corrected chi connectivity index (χ4v) is 2.25. The van der Waals surface area contributed by atoms with Crippen molar-refractivity contribution in [3.05, 3.63) is 12.3 Å². The summed E-state index contributed by atoms with van der Waals surface area (Å²) in [5.41, 5.74) is 1.18. The number of hydrogen-bond donors (Lipinski definition) is 1. The van der Waals surface area contributed by atoms with E-state index in [0.717, 1.165) is 32.2 Å². The molecule has 2 nitrogen and oxygen atoms in total.